The number of rotatable bonds is 7. The molecular formula is C18H17ClN2O7S. The Bertz CT molecular complexity index is 1020. The van der Waals surface area contributed by atoms with Crippen LogP contribution in [-0.2, 0) is 24.2 Å². The number of methoxy groups -OCH3 is 1. The Morgan fingerprint density at radius 3 is 2.10 bits per heavy atom. The van der Waals surface area contributed by atoms with Gasteiger partial charge in [-0.25, -0.2) is 8.42 Å². The van der Waals surface area contributed by atoms with Crippen LogP contribution < -0.4 is 5.32 Å². The summed E-state index contributed by atoms with van der Waals surface area (Å²) in [5.74, 6) is -1.67. The summed E-state index contributed by atoms with van der Waals surface area (Å²) in [4.78, 5) is 34.0. The first-order chi connectivity index (χ1) is 13.6. The Labute approximate surface area is 171 Å². The number of nitrogens with zero attached hydrogens (tertiary/aromatic N) is 1. The van der Waals surface area contributed by atoms with Gasteiger partial charge in [-0.1, -0.05) is 23.7 Å². The van der Waals surface area contributed by atoms with Gasteiger partial charge in [-0.2, -0.15) is 0 Å². The number of ether oxygens (including phenoxy) is 1. The molecule has 0 radical (unpaired) electrons. The van der Waals surface area contributed by atoms with Crippen LogP contribution in [0.5, 0.6) is 0 Å². The minimum absolute atomic E-state index is 0.310. The highest BCUT2D eigenvalue weighted by atomic mass is 35.5. The van der Waals surface area contributed by atoms with Gasteiger partial charge in [0.25, 0.3) is 5.69 Å². The molecular weight excluding hydrogens is 424 g/mol. The van der Waals surface area contributed by atoms with Crippen molar-refractivity contribution in [3.05, 3.63) is 69.2 Å². The molecule has 0 heterocycles. The van der Waals surface area contributed by atoms with E-state index in [1.807, 2.05) is 0 Å². The van der Waals surface area contributed by atoms with Gasteiger partial charge in [0.2, 0.25) is 5.91 Å². The Hall–Kier alpha value is -2.98. The quantitative estimate of drug-likeness (QED) is 0.397. The fourth-order valence-corrected chi connectivity index (χ4v) is 4.55. The molecule has 2 atom stereocenters. The molecule has 0 saturated carbocycles. The summed E-state index contributed by atoms with van der Waals surface area (Å²) in [5, 5.41) is 11.8. The first kappa shape index (κ1) is 22.3. The summed E-state index contributed by atoms with van der Waals surface area (Å²) in [6.45, 7) is 1.18. The predicted molar refractivity (Wildman–Crippen MR) is 104 cm³/mol. The molecule has 2 rings (SSSR count). The van der Waals surface area contributed by atoms with Crippen LogP contribution in [-0.4, -0.2) is 37.6 Å². The van der Waals surface area contributed by atoms with Crippen molar-refractivity contribution in [1.82, 2.24) is 5.32 Å². The van der Waals surface area contributed by atoms with Crippen molar-refractivity contribution in [3.8, 4) is 0 Å². The van der Waals surface area contributed by atoms with Crippen molar-refractivity contribution < 1.29 is 27.7 Å². The van der Waals surface area contributed by atoms with Crippen molar-refractivity contribution >= 4 is 39.0 Å². The standard InChI is InChI=1S/C18H17ClN2O7S/c1-11(22)20-16(12-3-5-13(19)6-4-12)17(18(23)28-2)29(26,27)15-9-7-14(8-10-15)21(24)25/h3-10,16-17H,1-2H3,(H,20,22)/t16-,17?/m1/s1. The number of sulfone groups is 1. The van der Waals surface area contributed by atoms with E-state index in [-0.39, 0.29) is 10.6 Å². The first-order valence-electron chi connectivity index (χ1n) is 8.16. The molecule has 2 aromatic rings. The molecule has 0 aliphatic heterocycles. The summed E-state index contributed by atoms with van der Waals surface area (Å²) < 4.78 is 31.1. The highest BCUT2D eigenvalue weighted by molar-refractivity contribution is 7.92. The molecule has 0 saturated heterocycles. The fourth-order valence-electron chi connectivity index (χ4n) is 2.69. The van der Waals surface area contributed by atoms with Crippen LogP contribution in [0.1, 0.15) is 18.5 Å². The van der Waals surface area contributed by atoms with E-state index in [0.717, 1.165) is 31.4 Å². The van der Waals surface area contributed by atoms with E-state index in [0.29, 0.717) is 10.6 Å². The number of carbonyl (C=O) groups excluding carboxylic acids is 2. The second-order valence-electron chi connectivity index (χ2n) is 5.97. The normalized spacial score (nSPS) is 13.2. The third kappa shape index (κ3) is 5.09. The lowest BCUT2D eigenvalue weighted by Gasteiger charge is -2.26. The van der Waals surface area contributed by atoms with E-state index in [9.17, 15) is 28.1 Å². The molecule has 154 valence electrons. The van der Waals surface area contributed by atoms with Crippen molar-refractivity contribution in [3.63, 3.8) is 0 Å². The molecule has 0 aliphatic rings. The SMILES string of the molecule is COC(=O)C([C@H](NC(C)=O)c1ccc(Cl)cc1)S(=O)(=O)c1ccc([N+](=O)[O-])cc1. The maximum atomic E-state index is 13.2. The van der Waals surface area contributed by atoms with Crippen molar-refractivity contribution in [2.75, 3.05) is 7.11 Å². The average Bonchev–Trinajstić information content (AvgIpc) is 2.67. The van der Waals surface area contributed by atoms with Gasteiger partial charge >= 0.3 is 5.97 Å². The Morgan fingerprint density at radius 2 is 1.66 bits per heavy atom. The topological polar surface area (TPSA) is 133 Å². The van der Waals surface area contributed by atoms with Crippen LogP contribution in [0.15, 0.2) is 53.4 Å². The third-order valence-corrected chi connectivity index (χ3v) is 6.35. The molecule has 29 heavy (non-hydrogen) atoms. The number of esters is 1. The lowest BCUT2D eigenvalue weighted by molar-refractivity contribution is -0.384. The second-order valence-corrected chi connectivity index (χ2v) is 8.48. The second kappa shape index (κ2) is 9.01. The van der Waals surface area contributed by atoms with Crippen LogP contribution in [0.3, 0.4) is 0 Å². The number of amides is 1. The zero-order valence-corrected chi connectivity index (χ0v) is 16.9. The van der Waals surface area contributed by atoms with Crippen LogP contribution in [0.4, 0.5) is 5.69 Å². The molecule has 9 nitrogen and oxygen atoms in total. The van der Waals surface area contributed by atoms with Gasteiger partial charge in [0.15, 0.2) is 15.1 Å². The minimum Gasteiger partial charge on any atom is -0.468 e. The van der Waals surface area contributed by atoms with Gasteiger partial charge in [0, 0.05) is 24.1 Å². The van der Waals surface area contributed by atoms with E-state index in [1.165, 1.54) is 31.2 Å². The summed E-state index contributed by atoms with van der Waals surface area (Å²) >= 11 is 5.87. The molecule has 2 aromatic carbocycles. The summed E-state index contributed by atoms with van der Waals surface area (Å²) in [7, 11) is -3.38. The largest absolute Gasteiger partial charge is 0.468 e. The number of hydrogen-bond donors (Lipinski definition) is 1. The van der Waals surface area contributed by atoms with E-state index >= 15 is 0 Å². The van der Waals surface area contributed by atoms with Gasteiger partial charge < -0.3 is 10.1 Å². The minimum atomic E-state index is -4.40. The summed E-state index contributed by atoms with van der Waals surface area (Å²) in [6, 6.07) is 8.71. The zero-order valence-electron chi connectivity index (χ0n) is 15.4. The van der Waals surface area contributed by atoms with Gasteiger partial charge in [-0.3, -0.25) is 19.7 Å². The monoisotopic (exact) mass is 440 g/mol. The van der Waals surface area contributed by atoms with Gasteiger partial charge in [-0.05, 0) is 29.8 Å². The van der Waals surface area contributed by atoms with Crippen LogP contribution in [0.2, 0.25) is 5.02 Å². The molecule has 0 bridgehead atoms. The number of carbonyl (C=O) groups is 2. The molecule has 1 amide bonds. The number of nitro benzene ring substituents is 1. The highest BCUT2D eigenvalue weighted by Crippen LogP contribution is 2.30. The van der Waals surface area contributed by atoms with Crippen molar-refractivity contribution in [2.24, 2.45) is 0 Å². The maximum absolute atomic E-state index is 13.2. The maximum Gasteiger partial charge on any atom is 0.326 e. The number of hydrogen-bond acceptors (Lipinski definition) is 7. The smallest absolute Gasteiger partial charge is 0.326 e. The van der Waals surface area contributed by atoms with E-state index in [1.54, 1.807) is 0 Å². The fraction of sp³-hybridized carbons (Fsp3) is 0.222. The Morgan fingerprint density at radius 1 is 1.10 bits per heavy atom. The van der Waals surface area contributed by atoms with Crippen molar-refractivity contribution in [1.29, 1.82) is 0 Å². The molecule has 0 aliphatic carbocycles. The van der Waals surface area contributed by atoms with Crippen LogP contribution in [0.25, 0.3) is 0 Å². The van der Waals surface area contributed by atoms with Crippen molar-refractivity contribution in [2.45, 2.75) is 23.1 Å². The number of nitrogens with one attached hydrogen (secondary N) is 1. The summed E-state index contributed by atoms with van der Waals surface area (Å²) in [6.07, 6.45) is 0. The number of halogens is 1. The Balaban J connectivity index is 2.61. The third-order valence-electron chi connectivity index (χ3n) is 4.03. The van der Waals surface area contributed by atoms with Gasteiger partial charge in [0.1, 0.15) is 0 Å². The number of benzene rings is 2. The van der Waals surface area contributed by atoms with Crippen LogP contribution >= 0.6 is 11.6 Å². The molecule has 1 N–H and O–H groups in total. The zero-order chi connectivity index (χ0) is 21.8. The van der Waals surface area contributed by atoms with Crippen LogP contribution in [0, 0.1) is 10.1 Å². The summed E-state index contributed by atoms with van der Waals surface area (Å²) in [5.41, 5.74) is 0.000155. The van der Waals surface area contributed by atoms with E-state index in [4.69, 9.17) is 11.6 Å². The number of nitro groups is 1. The predicted octanol–water partition coefficient (Wildman–Crippen LogP) is 2.44. The molecule has 11 heteroatoms. The molecule has 1 unspecified atom stereocenters. The average molecular weight is 441 g/mol. The van der Waals surface area contributed by atoms with Gasteiger partial charge in [0.05, 0.1) is 23.0 Å². The van der Waals surface area contributed by atoms with E-state index < -0.39 is 37.9 Å². The highest BCUT2D eigenvalue weighted by Gasteiger charge is 2.43. The first-order valence-corrected chi connectivity index (χ1v) is 10.1. The van der Waals surface area contributed by atoms with E-state index in [2.05, 4.69) is 10.1 Å². The molecule has 0 spiro atoms. The van der Waals surface area contributed by atoms with Gasteiger partial charge in [-0.15, -0.1) is 0 Å². The molecule has 0 aromatic heterocycles. The lowest BCUT2D eigenvalue weighted by Crippen LogP contribution is -2.44. The lowest BCUT2D eigenvalue weighted by atomic mass is 10.0. The molecule has 0 fully saturated rings. The number of non-ortho nitro benzene ring substituents is 1. The Kier molecular flexibility index (Phi) is 6.93.